The lowest BCUT2D eigenvalue weighted by Crippen LogP contribution is -2.40. The van der Waals surface area contributed by atoms with Gasteiger partial charge in [0.1, 0.15) is 0 Å². The molecule has 1 fully saturated rings. The van der Waals surface area contributed by atoms with Crippen LogP contribution >= 0.6 is 11.8 Å². The quantitative estimate of drug-likeness (QED) is 0.794. The zero-order chi connectivity index (χ0) is 15.2. The van der Waals surface area contributed by atoms with Crippen molar-refractivity contribution in [2.24, 2.45) is 11.7 Å². The Balaban J connectivity index is 2.02. The molecular formula is C18H30N2S. The second-order valence-electron chi connectivity index (χ2n) is 6.27. The molecule has 0 saturated heterocycles. The first-order valence-corrected chi connectivity index (χ1v) is 9.48. The highest BCUT2D eigenvalue weighted by atomic mass is 32.2. The van der Waals surface area contributed by atoms with E-state index in [-0.39, 0.29) is 0 Å². The van der Waals surface area contributed by atoms with Crippen molar-refractivity contribution in [3.8, 4) is 0 Å². The van der Waals surface area contributed by atoms with Crippen molar-refractivity contribution in [3.63, 3.8) is 0 Å². The third-order valence-electron chi connectivity index (χ3n) is 5.19. The normalized spacial score (nSPS) is 24.2. The number of rotatable bonds is 6. The molecule has 2 rings (SSSR count). The zero-order valence-corrected chi connectivity index (χ0v) is 14.5. The van der Waals surface area contributed by atoms with Crippen molar-refractivity contribution in [1.82, 2.24) is 4.90 Å². The fraction of sp³-hybridized carbons (Fsp3) is 0.667. The van der Waals surface area contributed by atoms with Crippen molar-refractivity contribution in [3.05, 3.63) is 29.8 Å². The summed E-state index contributed by atoms with van der Waals surface area (Å²) in [6.45, 7) is 3.02. The molecule has 1 atom stereocenters. The Hall–Kier alpha value is -0.510. The van der Waals surface area contributed by atoms with Gasteiger partial charge in [0, 0.05) is 23.5 Å². The smallest absolute Gasteiger partial charge is 0.0470 e. The summed E-state index contributed by atoms with van der Waals surface area (Å²) in [6, 6.07) is 9.97. The van der Waals surface area contributed by atoms with E-state index < -0.39 is 0 Å². The fourth-order valence-electron chi connectivity index (χ4n) is 3.58. The molecule has 0 bridgehead atoms. The van der Waals surface area contributed by atoms with E-state index in [2.05, 4.69) is 49.4 Å². The maximum absolute atomic E-state index is 6.09. The first-order valence-electron chi connectivity index (χ1n) is 8.25. The van der Waals surface area contributed by atoms with Gasteiger partial charge in [-0.25, -0.2) is 0 Å². The second kappa shape index (κ2) is 8.21. The molecular weight excluding hydrogens is 276 g/mol. The molecule has 1 aliphatic carbocycles. The molecule has 1 saturated carbocycles. The lowest BCUT2D eigenvalue weighted by molar-refractivity contribution is 0.122. The maximum Gasteiger partial charge on any atom is 0.0470 e. The van der Waals surface area contributed by atoms with Gasteiger partial charge in [-0.15, -0.1) is 11.8 Å². The van der Waals surface area contributed by atoms with Gasteiger partial charge in [0.2, 0.25) is 0 Å². The van der Waals surface area contributed by atoms with E-state index in [9.17, 15) is 0 Å². The average molecular weight is 307 g/mol. The van der Waals surface area contributed by atoms with Gasteiger partial charge >= 0.3 is 0 Å². The topological polar surface area (TPSA) is 29.3 Å². The largest absolute Gasteiger partial charge is 0.329 e. The van der Waals surface area contributed by atoms with Crippen LogP contribution in [0.3, 0.4) is 0 Å². The monoisotopic (exact) mass is 306 g/mol. The highest BCUT2D eigenvalue weighted by Crippen LogP contribution is 2.32. The average Bonchev–Trinajstić information content (AvgIpc) is 2.56. The molecule has 0 amide bonds. The number of hydrogen-bond donors (Lipinski definition) is 1. The fourth-order valence-corrected chi connectivity index (χ4v) is 3.99. The minimum atomic E-state index is 0.351. The number of benzene rings is 1. The van der Waals surface area contributed by atoms with Crippen LogP contribution < -0.4 is 5.73 Å². The van der Waals surface area contributed by atoms with E-state index >= 15 is 0 Å². The van der Waals surface area contributed by atoms with Gasteiger partial charge in [-0.05, 0) is 62.6 Å². The zero-order valence-electron chi connectivity index (χ0n) is 13.7. The summed E-state index contributed by atoms with van der Waals surface area (Å²) in [6.07, 6.45) is 8.88. The number of nitrogens with zero attached hydrogens (tertiary/aromatic N) is 1. The summed E-state index contributed by atoms with van der Waals surface area (Å²) in [5, 5.41) is 0. The summed E-state index contributed by atoms with van der Waals surface area (Å²) in [4.78, 5) is 3.85. The van der Waals surface area contributed by atoms with E-state index in [0.29, 0.717) is 18.6 Å². The number of nitrogens with two attached hydrogens (primary N) is 1. The van der Waals surface area contributed by atoms with Gasteiger partial charge in [-0.2, -0.15) is 0 Å². The highest BCUT2D eigenvalue weighted by Gasteiger charge is 2.27. The third-order valence-corrected chi connectivity index (χ3v) is 5.93. The van der Waals surface area contributed by atoms with Crippen LogP contribution in [0, 0.1) is 5.92 Å². The van der Waals surface area contributed by atoms with Crippen LogP contribution in [0.15, 0.2) is 29.2 Å². The molecule has 2 N–H and O–H groups in total. The Morgan fingerprint density at radius 3 is 2.29 bits per heavy atom. The van der Waals surface area contributed by atoms with Crippen LogP contribution in [0.4, 0.5) is 0 Å². The third kappa shape index (κ3) is 4.24. The molecule has 1 unspecified atom stereocenters. The second-order valence-corrected chi connectivity index (χ2v) is 7.15. The van der Waals surface area contributed by atoms with E-state index in [1.54, 1.807) is 11.8 Å². The number of likely N-dealkylation sites (N-methyl/N-ethyl adjacent to an activating group) is 1. The first kappa shape index (κ1) is 16.9. The minimum Gasteiger partial charge on any atom is -0.329 e. The molecule has 0 radical (unpaired) electrons. The SMILES string of the molecule is CCC1CCC(N(C)C(CN)c2ccc(SC)cc2)CC1. The van der Waals surface area contributed by atoms with Crippen LogP contribution in [0.1, 0.15) is 50.6 Å². The van der Waals surface area contributed by atoms with E-state index in [1.165, 1.54) is 42.6 Å². The molecule has 0 heterocycles. The van der Waals surface area contributed by atoms with Gasteiger partial charge in [0.15, 0.2) is 0 Å². The van der Waals surface area contributed by atoms with Gasteiger partial charge < -0.3 is 5.73 Å². The van der Waals surface area contributed by atoms with Crippen molar-refractivity contribution >= 4 is 11.8 Å². The molecule has 2 nitrogen and oxygen atoms in total. The van der Waals surface area contributed by atoms with Gasteiger partial charge in [0.25, 0.3) is 0 Å². The van der Waals surface area contributed by atoms with E-state index in [0.717, 1.165) is 5.92 Å². The Morgan fingerprint density at radius 2 is 1.81 bits per heavy atom. The van der Waals surface area contributed by atoms with Crippen molar-refractivity contribution in [2.75, 3.05) is 19.8 Å². The van der Waals surface area contributed by atoms with Crippen molar-refractivity contribution < 1.29 is 0 Å². The van der Waals surface area contributed by atoms with E-state index in [1.807, 2.05) is 0 Å². The molecule has 1 aliphatic rings. The summed E-state index contributed by atoms with van der Waals surface area (Å²) in [5.41, 5.74) is 7.45. The van der Waals surface area contributed by atoms with Crippen LogP contribution in [0.5, 0.6) is 0 Å². The Morgan fingerprint density at radius 1 is 1.19 bits per heavy atom. The molecule has 0 aromatic heterocycles. The van der Waals surface area contributed by atoms with E-state index in [4.69, 9.17) is 5.73 Å². The Bertz CT molecular complexity index is 410. The molecule has 118 valence electrons. The van der Waals surface area contributed by atoms with Crippen LogP contribution in [-0.2, 0) is 0 Å². The Labute approximate surface area is 134 Å². The molecule has 1 aromatic rings. The lowest BCUT2D eigenvalue weighted by Gasteiger charge is -2.39. The summed E-state index contributed by atoms with van der Waals surface area (Å²) in [5.74, 6) is 0.951. The molecule has 21 heavy (non-hydrogen) atoms. The molecule has 0 spiro atoms. The Kier molecular flexibility index (Phi) is 6.59. The van der Waals surface area contributed by atoms with Gasteiger partial charge in [-0.3, -0.25) is 4.90 Å². The summed E-state index contributed by atoms with van der Waals surface area (Å²) >= 11 is 1.79. The van der Waals surface area contributed by atoms with Crippen molar-refractivity contribution in [2.45, 2.75) is 56.0 Å². The number of hydrogen-bond acceptors (Lipinski definition) is 3. The number of thioether (sulfide) groups is 1. The minimum absolute atomic E-state index is 0.351. The first-order chi connectivity index (χ1) is 10.2. The predicted molar refractivity (Wildman–Crippen MR) is 93.8 cm³/mol. The van der Waals surface area contributed by atoms with Gasteiger partial charge in [0.05, 0.1) is 0 Å². The molecule has 3 heteroatoms. The summed E-state index contributed by atoms with van der Waals surface area (Å²) < 4.78 is 0. The summed E-state index contributed by atoms with van der Waals surface area (Å²) in [7, 11) is 2.26. The predicted octanol–water partition coefficient (Wildman–Crippen LogP) is 4.31. The lowest BCUT2D eigenvalue weighted by atomic mass is 9.83. The van der Waals surface area contributed by atoms with Crippen LogP contribution in [0.2, 0.25) is 0 Å². The van der Waals surface area contributed by atoms with Crippen LogP contribution in [-0.4, -0.2) is 30.8 Å². The maximum atomic E-state index is 6.09. The molecule has 0 aliphatic heterocycles. The molecule has 1 aromatic carbocycles. The highest BCUT2D eigenvalue weighted by molar-refractivity contribution is 7.98. The van der Waals surface area contributed by atoms with Gasteiger partial charge in [-0.1, -0.05) is 25.5 Å². The van der Waals surface area contributed by atoms with Crippen LogP contribution in [0.25, 0.3) is 0 Å². The standard InChI is InChI=1S/C18H30N2S/c1-4-14-5-9-16(10-6-14)20(2)18(13-19)15-7-11-17(21-3)12-8-15/h7-8,11-12,14,16,18H,4-6,9-10,13,19H2,1-3H3. The van der Waals surface area contributed by atoms with Crippen molar-refractivity contribution in [1.29, 1.82) is 0 Å².